The molecule has 0 atom stereocenters. The number of aryl methyl sites for hydroxylation is 1. The standard InChI is InChI=1S/C22H21ClN6S/c1-16-6-8-17(9-7-16)12-28-14-19(10-24-28)26-22(30)27-20-11-25-29(15-20)13-18-4-2-3-5-21(18)23/h2-11,14-15H,12-13H2,1H3,(H2,26,27,30). The summed E-state index contributed by atoms with van der Waals surface area (Å²) >= 11 is 11.6. The third-order valence-electron chi connectivity index (χ3n) is 4.54. The average Bonchev–Trinajstić information content (AvgIpc) is 3.35. The van der Waals surface area contributed by atoms with Crippen LogP contribution in [0.5, 0.6) is 0 Å². The van der Waals surface area contributed by atoms with Gasteiger partial charge in [-0.25, -0.2) is 0 Å². The summed E-state index contributed by atoms with van der Waals surface area (Å²) in [6, 6.07) is 16.1. The van der Waals surface area contributed by atoms with Gasteiger partial charge >= 0.3 is 0 Å². The summed E-state index contributed by atoms with van der Waals surface area (Å²) in [5.74, 6) is 0. The van der Waals surface area contributed by atoms with Crippen molar-refractivity contribution in [1.29, 1.82) is 0 Å². The van der Waals surface area contributed by atoms with Crippen LogP contribution in [-0.4, -0.2) is 24.7 Å². The molecule has 2 aromatic heterocycles. The zero-order valence-electron chi connectivity index (χ0n) is 16.4. The number of halogens is 1. The SMILES string of the molecule is Cc1ccc(Cn2cc(NC(=S)Nc3cnn(Cc4ccccc4Cl)c3)cn2)cc1. The molecule has 2 heterocycles. The van der Waals surface area contributed by atoms with Crippen molar-refractivity contribution in [1.82, 2.24) is 19.6 Å². The molecule has 6 nitrogen and oxygen atoms in total. The van der Waals surface area contributed by atoms with Gasteiger partial charge in [0.1, 0.15) is 0 Å². The maximum Gasteiger partial charge on any atom is 0.175 e. The van der Waals surface area contributed by atoms with Crippen LogP contribution in [0, 0.1) is 6.92 Å². The van der Waals surface area contributed by atoms with Gasteiger partial charge in [0.2, 0.25) is 0 Å². The first-order chi connectivity index (χ1) is 14.5. The highest BCUT2D eigenvalue weighted by atomic mass is 35.5. The summed E-state index contributed by atoms with van der Waals surface area (Å²) < 4.78 is 3.68. The second-order valence-electron chi connectivity index (χ2n) is 7.01. The van der Waals surface area contributed by atoms with E-state index in [0.29, 0.717) is 18.2 Å². The van der Waals surface area contributed by atoms with Crippen molar-refractivity contribution in [2.24, 2.45) is 0 Å². The normalized spacial score (nSPS) is 10.7. The minimum absolute atomic E-state index is 0.474. The predicted molar refractivity (Wildman–Crippen MR) is 125 cm³/mol. The van der Waals surface area contributed by atoms with Crippen LogP contribution in [-0.2, 0) is 13.1 Å². The van der Waals surface area contributed by atoms with E-state index in [4.69, 9.17) is 23.8 Å². The summed E-state index contributed by atoms with van der Waals surface area (Å²) in [6.07, 6.45) is 7.29. The van der Waals surface area contributed by atoms with Gasteiger partial charge in [0.15, 0.2) is 5.11 Å². The molecule has 0 amide bonds. The minimum atomic E-state index is 0.474. The molecule has 30 heavy (non-hydrogen) atoms. The Labute approximate surface area is 185 Å². The smallest absolute Gasteiger partial charge is 0.175 e. The first-order valence-electron chi connectivity index (χ1n) is 9.47. The molecule has 2 N–H and O–H groups in total. The number of anilines is 2. The summed E-state index contributed by atoms with van der Waals surface area (Å²) in [4.78, 5) is 0. The Balaban J connectivity index is 1.32. The fraction of sp³-hybridized carbons (Fsp3) is 0.136. The van der Waals surface area contributed by atoms with Gasteiger partial charge in [-0.1, -0.05) is 59.6 Å². The molecule has 0 unspecified atom stereocenters. The molecule has 0 fully saturated rings. The topological polar surface area (TPSA) is 59.7 Å². The van der Waals surface area contributed by atoms with Crippen molar-refractivity contribution >= 4 is 40.3 Å². The van der Waals surface area contributed by atoms with Gasteiger partial charge in [0.05, 0.1) is 36.9 Å². The molecule has 0 aliphatic heterocycles. The molecule has 4 rings (SSSR count). The molecule has 4 aromatic rings. The van der Waals surface area contributed by atoms with Gasteiger partial charge < -0.3 is 10.6 Å². The van der Waals surface area contributed by atoms with Crippen molar-refractivity contribution in [2.45, 2.75) is 20.0 Å². The molecule has 8 heteroatoms. The highest BCUT2D eigenvalue weighted by Crippen LogP contribution is 2.17. The molecule has 0 saturated carbocycles. The van der Waals surface area contributed by atoms with E-state index in [-0.39, 0.29) is 0 Å². The number of aromatic nitrogens is 4. The molecule has 2 aromatic carbocycles. The maximum absolute atomic E-state index is 6.22. The van der Waals surface area contributed by atoms with Gasteiger partial charge in [-0.05, 0) is 36.3 Å². The molecule has 0 aliphatic carbocycles. The first kappa shape index (κ1) is 20.1. The number of thiocarbonyl (C=S) groups is 1. The number of hydrogen-bond acceptors (Lipinski definition) is 3. The molecule has 0 aliphatic rings. The Hall–Kier alpha value is -3.16. The quantitative estimate of drug-likeness (QED) is 0.419. The van der Waals surface area contributed by atoms with Gasteiger partial charge in [-0.2, -0.15) is 10.2 Å². The van der Waals surface area contributed by atoms with E-state index >= 15 is 0 Å². The van der Waals surface area contributed by atoms with E-state index in [1.807, 2.05) is 46.0 Å². The first-order valence-corrected chi connectivity index (χ1v) is 10.3. The second-order valence-corrected chi connectivity index (χ2v) is 7.82. The highest BCUT2D eigenvalue weighted by molar-refractivity contribution is 7.80. The van der Waals surface area contributed by atoms with Crippen LogP contribution in [0.25, 0.3) is 0 Å². The average molecular weight is 437 g/mol. The number of benzene rings is 2. The number of rotatable bonds is 6. The van der Waals surface area contributed by atoms with Crippen LogP contribution < -0.4 is 10.6 Å². The fourth-order valence-corrected chi connectivity index (χ4v) is 3.44. The van der Waals surface area contributed by atoms with E-state index in [1.54, 1.807) is 12.4 Å². The molecular formula is C22H21ClN6S. The van der Waals surface area contributed by atoms with Crippen molar-refractivity contribution in [3.8, 4) is 0 Å². The Kier molecular flexibility index (Phi) is 6.11. The molecule has 0 saturated heterocycles. The molecule has 0 spiro atoms. The molecule has 152 valence electrons. The minimum Gasteiger partial charge on any atom is -0.330 e. The number of hydrogen-bond donors (Lipinski definition) is 2. The third-order valence-corrected chi connectivity index (χ3v) is 5.11. The Morgan fingerprint density at radius 3 is 2.13 bits per heavy atom. The fourth-order valence-electron chi connectivity index (χ4n) is 3.00. The number of nitrogens with one attached hydrogen (secondary N) is 2. The largest absolute Gasteiger partial charge is 0.330 e. The predicted octanol–water partition coefficient (Wildman–Crippen LogP) is 4.95. The Morgan fingerprint density at radius 1 is 0.900 bits per heavy atom. The zero-order chi connectivity index (χ0) is 20.9. The van der Waals surface area contributed by atoms with Crippen LogP contribution in [0.3, 0.4) is 0 Å². The monoisotopic (exact) mass is 436 g/mol. The molecular weight excluding hydrogens is 416 g/mol. The lowest BCUT2D eigenvalue weighted by Crippen LogP contribution is -2.18. The summed E-state index contributed by atoms with van der Waals surface area (Å²) in [5.41, 5.74) is 5.07. The molecule has 0 bridgehead atoms. The maximum atomic E-state index is 6.22. The van der Waals surface area contributed by atoms with Gasteiger partial charge in [0.25, 0.3) is 0 Å². The van der Waals surface area contributed by atoms with E-state index in [2.05, 4.69) is 52.0 Å². The van der Waals surface area contributed by atoms with Crippen LogP contribution >= 0.6 is 23.8 Å². The van der Waals surface area contributed by atoms with E-state index < -0.39 is 0 Å². The van der Waals surface area contributed by atoms with Crippen molar-refractivity contribution in [3.63, 3.8) is 0 Å². The summed E-state index contributed by atoms with van der Waals surface area (Å²) in [7, 11) is 0. The van der Waals surface area contributed by atoms with Crippen LogP contribution in [0.4, 0.5) is 11.4 Å². The highest BCUT2D eigenvalue weighted by Gasteiger charge is 2.06. The zero-order valence-corrected chi connectivity index (χ0v) is 18.0. The van der Waals surface area contributed by atoms with E-state index in [0.717, 1.165) is 22.0 Å². The summed E-state index contributed by atoms with van der Waals surface area (Å²) in [5, 5.41) is 16.2. The van der Waals surface area contributed by atoms with Crippen LogP contribution in [0.2, 0.25) is 5.02 Å². The van der Waals surface area contributed by atoms with Crippen molar-refractivity contribution in [3.05, 3.63) is 95.0 Å². The Morgan fingerprint density at radius 2 is 1.50 bits per heavy atom. The van der Waals surface area contributed by atoms with E-state index in [1.165, 1.54) is 11.1 Å². The lowest BCUT2D eigenvalue weighted by atomic mass is 10.1. The van der Waals surface area contributed by atoms with Gasteiger partial charge in [-0.15, -0.1) is 0 Å². The van der Waals surface area contributed by atoms with Crippen LogP contribution in [0.15, 0.2) is 73.3 Å². The third kappa shape index (κ3) is 5.25. The number of nitrogens with zero attached hydrogens (tertiary/aromatic N) is 4. The molecule has 0 radical (unpaired) electrons. The van der Waals surface area contributed by atoms with Crippen molar-refractivity contribution < 1.29 is 0 Å². The Bertz CT molecular complexity index is 1150. The second kappa shape index (κ2) is 9.11. The summed E-state index contributed by atoms with van der Waals surface area (Å²) in [6.45, 7) is 3.37. The lowest BCUT2D eigenvalue weighted by molar-refractivity contribution is 0.687. The van der Waals surface area contributed by atoms with Crippen LogP contribution in [0.1, 0.15) is 16.7 Å². The van der Waals surface area contributed by atoms with E-state index in [9.17, 15) is 0 Å². The van der Waals surface area contributed by atoms with Gasteiger partial charge in [-0.3, -0.25) is 9.36 Å². The van der Waals surface area contributed by atoms with Gasteiger partial charge in [0, 0.05) is 17.4 Å². The lowest BCUT2D eigenvalue weighted by Gasteiger charge is -2.07. The van der Waals surface area contributed by atoms with Crippen molar-refractivity contribution in [2.75, 3.05) is 10.6 Å².